The van der Waals surface area contributed by atoms with Crippen molar-refractivity contribution in [2.75, 3.05) is 26.5 Å². The summed E-state index contributed by atoms with van der Waals surface area (Å²) in [5.41, 5.74) is 2.45. The van der Waals surface area contributed by atoms with Crippen LogP contribution in [0.25, 0.3) is 0 Å². The lowest BCUT2D eigenvalue weighted by molar-refractivity contribution is -0.124. The Hall–Kier alpha value is -2.38. The lowest BCUT2D eigenvalue weighted by Gasteiger charge is -2.22. The van der Waals surface area contributed by atoms with E-state index in [1.807, 2.05) is 30.3 Å². The number of benzene rings is 2. The van der Waals surface area contributed by atoms with Gasteiger partial charge in [0.1, 0.15) is 11.4 Å². The van der Waals surface area contributed by atoms with E-state index < -0.39 is 6.04 Å². The Kier molecular flexibility index (Phi) is 5.61. The van der Waals surface area contributed by atoms with Gasteiger partial charge >= 0.3 is 0 Å². The normalized spacial score (nSPS) is 19.7. The highest BCUT2D eigenvalue weighted by Crippen LogP contribution is 2.52. The number of halogens is 1. The van der Waals surface area contributed by atoms with Crippen molar-refractivity contribution in [2.45, 2.75) is 17.8 Å². The fourth-order valence-electron chi connectivity index (χ4n) is 3.79. The van der Waals surface area contributed by atoms with Crippen LogP contribution in [0.3, 0.4) is 0 Å². The highest BCUT2D eigenvalue weighted by molar-refractivity contribution is 7.99. The largest absolute Gasteiger partial charge is 0.493 e. The number of carbonyl (C=O) groups excluding carboxylic acids is 2. The summed E-state index contributed by atoms with van der Waals surface area (Å²) in [6.45, 7) is 0.498. The molecular weight excluding hydrogens is 412 g/mol. The van der Waals surface area contributed by atoms with Crippen LogP contribution in [0.1, 0.15) is 26.9 Å². The van der Waals surface area contributed by atoms with E-state index >= 15 is 0 Å². The van der Waals surface area contributed by atoms with Gasteiger partial charge in [-0.2, -0.15) is 0 Å². The van der Waals surface area contributed by atoms with Gasteiger partial charge in [0.25, 0.3) is 5.91 Å². The number of hydrogen-bond acceptors (Lipinski definition) is 5. The quantitative estimate of drug-likeness (QED) is 0.758. The van der Waals surface area contributed by atoms with Crippen LogP contribution in [0, 0.1) is 0 Å². The second-order valence-electron chi connectivity index (χ2n) is 6.85. The van der Waals surface area contributed by atoms with Crippen molar-refractivity contribution >= 4 is 35.2 Å². The summed E-state index contributed by atoms with van der Waals surface area (Å²) in [7, 11) is 3.05. The van der Waals surface area contributed by atoms with E-state index in [2.05, 4.69) is 5.32 Å². The molecule has 152 valence electrons. The van der Waals surface area contributed by atoms with Gasteiger partial charge in [0.15, 0.2) is 11.5 Å². The molecule has 4 rings (SSSR count). The Morgan fingerprint density at radius 2 is 1.97 bits per heavy atom. The molecule has 0 bridgehead atoms. The van der Waals surface area contributed by atoms with Crippen molar-refractivity contribution in [1.29, 1.82) is 0 Å². The van der Waals surface area contributed by atoms with E-state index in [1.165, 1.54) is 14.2 Å². The van der Waals surface area contributed by atoms with Crippen LogP contribution in [-0.2, 0) is 11.2 Å². The van der Waals surface area contributed by atoms with Gasteiger partial charge in [0, 0.05) is 22.9 Å². The molecule has 29 heavy (non-hydrogen) atoms. The molecule has 0 saturated carbocycles. The van der Waals surface area contributed by atoms with Crippen LogP contribution in [0.15, 0.2) is 36.4 Å². The summed E-state index contributed by atoms with van der Waals surface area (Å²) in [4.78, 5) is 27.6. The van der Waals surface area contributed by atoms with Gasteiger partial charge in [-0.1, -0.05) is 29.8 Å². The van der Waals surface area contributed by atoms with Crippen LogP contribution >= 0.6 is 23.4 Å². The summed E-state index contributed by atoms with van der Waals surface area (Å²) < 4.78 is 10.8. The Morgan fingerprint density at radius 1 is 1.21 bits per heavy atom. The van der Waals surface area contributed by atoms with E-state index in [0.29, 0.717) is 40.8 Å². The lowest BCUT2D eigenvalue weighted by atomic mass is 10.1. The van der Waals surface area contributed by atoms with Crippen molar-refractivity contribution in [3.63, 3.8) is 0 Å². The lowest BCUT2D eigenvalue weighted by Crippen LogP contribution is -2.46. The molecule has 2 aliphatic rings. The number of methoxy groups -OCH3 is 2. The van der Waals surface area contributed by atoms with Crippen LogP contribution in [0.2, 0.25) is 5.02 Å². The Morgan fingerprint density at radius 3 is 2.66 bits per heavy atom. The van der Waals surface area contributed by atoms with E-state index in [-0.39, 0.29) is 17.2 Å². The van der Waals surface area contributed by atoms with E-state index in [9.17, 15) is 9.59 Å². The summed E-state index contributed by atoms with van der Waals surface area (Å²) in [6, 6.07) is 10.7. The number of thioether (sulfide) groups is 1. The maximum Gasteiger partial charge on any atom is 0.260 e. The first-order valence-corrected chi connectivity index (χ1v) is 10.7. The first-order valence-electron chi connectivity index (χ1n) is 9.26. The van der Waals surface area contributed by atoms with Gasteiger partial charge in [-0.25, -0.2) is 0 Å². The molecule has 2 aromatic rings. The van der Waals surface area contributed by atoms with Crippen molar-refractivity contribution < 1.29 is 19.1 Å². The Balaban J connectivity index is 1.46. The van der Waals surface area contributed by atoms with Crippen molar-refractivity contribution in [1.82, 2.24) is 10.2 Å². The number of rotatable bonds is 6. The minimum Gasteiger partial charge on any atom is -0.493 e. The number of carbonyl (C=O) groups is 2. The zero-order valence-electron chi connectivity index (χ0n) is 16.1. The predicted octanol–water partition coefficient (Wildman–Crippen LogP) is 3.29. The minimum atomic E-state index is -0.509. The summed E-state index contributed by atoms with van der Waals surface area (Å²) in [5.74, 6) is 1.17. The first kappa shape index (κ1) is 19.9. The van der Waals surface area contributed by atoms with Crippen LogP contribution in [-0.4, -0.2) is 49.3 Å². The fourth-order valence-corrected chi connectivity index (χ4v) is 5.37. The average molecular weight is 433 g/mol. The minimum absolute atomic E-state index is 0.138. The molecule has 2 atom stereocenters. The third-order valence-electron chi connectivity index (χ3n) is 5.22. The van der Waals surface area contributed by atoms with Crippen molar-refractivity contribution in [2.24, 2.45) is 0 Å². The molecule has 1 fully saturated rings. The molecule has 1 N–H and O–H groups in total. The Bertz CT molecular complexity index is 950. The molecule has 0 aliphatic carbocycles. The third-order valence-corrected chi connectivity index (χ3v) is 6.78. The Labute approximate surface area is 178 Å². The smallest absolute Gasteiger partial charge is 0.260 e. The number of nitrogens with one attached hydrogen (secondary N) is 1. The van der Waals surface area contributed by atoms with Gasteiger partial charge in [-0.05, 0) is 30.2 Å². The SMILES string of the molecule is COc1ccc2c(c1OC)C(=O)N1[C@H](C(=O)NCCc3ccc(Cl)cc3)CS[C@@H]21. The molecule has 1 saturated heterocycles. The van der Waals surface area contributed by atoms with E-state index in [0.717, 1.165) is 11.1 Å². The molecule has 2 aliphatic heterocycles. The molecule has 0 aromatic heterocycles. The zero-order chi connectivity index (χ0) is 20.5. The van der Waals surface area contributed by atoms with E-state index in [1.54, 1.807) is 22.7 Å². The van der Waals surface area contributed by atoms with Crippen molar-refractivity contribution in [3.05, 3.63) is 58.1 Å². The maximum atomic E-state index is 13.2. The standard InChI is InChI=1S/C21H21ClN2O4S/c1-27-16-8-7-14-17(18(16)28-2)20(26)24-15(11-29-21(14)24)19(25)23-10-9-12-3-5-13(22)6-4-12/h3-8,15,21H,9-11H2,1-2H3,(H,23,25)/t15-,21-/m0/s1. The molecule has 0 spiro atoms. The summed E-state index contributed by atoms with van der Waals surface area (Å²) in [5, 5.41) is 3.47. The third kappa shape index (κ3) is 3.53. The van der Waals surface area contributed by atoms with E-state index in [4.69, 9.17) is 21.1 Å². The number of amides is 2. The number of fused-ring (bicyclic) bond motifs is 3. The molecule has 2 amide bonds. The summed E-state index contributed by atoms with van der Waals surface area (Å²) >= 11 is 7.49. The molecule has 0 unspecified atom stereocenters. The van der Waals surface area contributed by atoms with Gasteiger partial charge in [0.2, 0.25) is 5.91 Å². The van der Waals surface area contributed by atoms with Crippen LogP contribution in [0.5, 0.6) is 11.5 Å². The monoisotopic (exact) mass is 432 g/mol. The highest BCUT2D eigenvalue weighted by atomic mass is 35.5. The number of ether oxygens (including phenoxy) is 2. The molecule has 8 heteroatoms. The fraction of sp³-hybridized carbons (Fsp3) is 0.333. The summed E-state index contributed by atoms with van der Waals surface area (Å²) in [6.07, 6.45) is 0.700. The van der Waals surface area contributed by atoms with Gasteiger partial charge in [-0.3, -0.25) is 9.59 Å². The number of hydrogen-bond donors (Lipinski definition) is 1. The second kappa shape index (κ2) is 8.16. The van der Waals surface area contributed by atoms with Crippen molar-refractivity contribution in [3.8, 4) is 11.5 Å². The van der Waals surface area contributed by atoms with Gasteiger partial charge in [-0.15, -0.1) is 11.8 Å². The van der Waals surface area contributed by atoms with Crippen LogP contribution in [0.4, 0.5) is 0 Å². The molecular formula is C21H21ClN2O4S. The molecule has 2 heterocycles. The van der Waals surface area contributed by atoms with Gasteiger partial charge in [0.05, 0.1) is 19.8 Å². The molecule has 2 aromatic carbocycles. The van der Waals surface area contributed by atoms with Gasteiger partial charge < -0.3 is 19.7 Å². The number of nitrogens with zero attached hydrogens (tertiary/aromatic N) is 1. The second-order valence-corrected chi connectivity index (χ2v) is 8.40. The maximum absolute atomic E-state index is 13.2. The van der Waals surface area contributed by atoms with Crippen LogP contribution < -0.4 is 14.8 Å². The zero-order valence-corrected chi connectivity index (χ0v) is 17.7. The first-order chi connectivity index (χ1) is 14.0. The predicted molar refractivity (Wildman–Crippen MR) is 113 cm³/mol. The molecule has 0 radical (unpaired) electrons. The highest BCUT2D eigenvalue weighted by Gasteiger charge is 2.50. The topological polar surface area (TPSA) is 67.9 Å². The average Bonchev–Trinajstić information content (AvgIpc) is 3.28. The molecule has 6 nitrogen and oxygen atoms in total.